The van der Waals surface area contributed by atoms with Gasteiger partial charge in [0.15, 0.2) is 0 Å². The first-order valence-electron chi connectivity index (χ1n) is 6.99. The summed E-state index contributed by atoms with van der Waals surface area (Å²) >= 11 is 0. The second-order valence-corrected chi connectivity index (χ2v) is 5.33. The molecule has 2 heterocycles. The maximum absolute atomic E-state index is 12.5. The molecule has 1 aliphatic heterocycles. The Hall–Kier alpha value is -1.95. The minimum atomic E-state index is -0.221. The molecule has 114 valence electrons. The van der Waals surface area contributed by atoms with E-state index in [9.17, 15) is 9.59 Å². The van der Waals surface area contributed by atoms with Crippen molar-refractivity contribution in [1.29, 1.82) is 0 Å². The van der Waals surface area contributed by atoms with Crippen molar-refractivity contribution in [3.63, 3.8) is 0 Å². The molecule has 1 N–H and O–H groups in total. The molecule has 1 aromatic rings. The molecule has 0 bridgehead atoms. The van der Waals surface area contributed by atoms with Crippen LogP contribution in [0.4, 0.5) is 0 Å². The zero-order valence-corrected chi connectivity index (χ0v) is 12.6. The van der Waals surface area contributed by atoms with Gasteiger partial charge in [-0.3, -0.25) is 14.6 Å². The largest absolute Gasteiger partial charge is 0.384 e. The van der Waals surface area contributed by atoms with Crippen molar-refractivity contribution in [3.05, 3.63) is 29.6 Å². The summed E-state index contributed by atoms with van der Waals surface area (Å²) in [5.74, 6) is -0.296. The summed E-state index contributed by atoms with van der Waals surface area (Å²) in [5.41, 5.74) is 1.41. The SMILES string of the molecule is CNC(=O)[C@@H]1CN(C(=O)c2ccnc(C)c2)C[C@H]1COC. The van der Waals surface area contributed by atoms with E-state index in [4.69, 9.17) is 4.74 Å². The van der Waals surface area contributed by atoms with Gasteiger partial charge in [0.1, 0.15) is 0 Å². The third-order valence-corrected chi connectivity index (χ3v) is 3.84. The van der Waals surface area contributed by atoms with Gasteiger partial charge in [-0.2, -0.15) is 0 Å². The highest BCUT2D eigenvalue weighted by Crippen LogP contribution is 2.25. The van der Waals surface area contributed by atoms with E-state index in [0.29, 0.717) is 25.3 Å². The monoisotopic (exact) mass is 291 g/mol. The number of nitrogens with one attached hydrogen (secondary N) is 1. The van der Waals surface area contributed by atoms with Gasteiger partial charge in [-0.15, -0.1) is 0 Å². The molecule has 1 saturated heterocycles. The highest BCUT2D eigenvalue weighted by Gasteiger charge is 2.39. The van der Waals surface area contributed by atoms with Crippen molar-refractivity contribution in [2.45, 2.75) is 6.92 Å². The van der Waals surface area contributed by atoms with Crippen LogP contribution in [0.2, 0.25) is 0 Å². The van der Waals surface area contributed by atoms with E-state index in [-0.39, 0.29) is 23.7 Å². The summed E-state index contributed by atoms with van der Waals surface area (Å²) < 4.78 is 5.18. The zero-order chi connectivity index (χ0) is 15.4. The van der Waals surface area contributed by atoms with E-state index in [0.717, 1.165) is 5.69 Å². The number of methoxy groups -OCH3 is 1. The van der Waals surface area contributed by atoms with Crippen LogP contribution in [0, 0.1) is 18.8 Å². The maximum atomic E-state index is 12.5. The first-order chi connectivity index (χ1) is 10.1. The molecule has 21 heavy (non-hydrogen) atoms. The molecule has 2 atom stereocenters. The van der Waals surface area contributed by atoms with Crippen molar-refractivity contribution in [1.82, 2.24) is 15.2 Å². The van der Waals surface area contributed by atoms with Gasteiger partial charge in [0.05, 0.1) is 12.5 Å². The first kappa shape index (κ1) is 15.4. The number of ether oxygens (including phenoxy) is 1. The van der Waals surface area contributed by atoms with Gasteiger partial charge in [0.25, 0.3) is 5.91 Å². The Balaban J connectivity index is 2.14. The van der Waals surface area contributed by atoms with Crippen LogP contribution in [-0.4, -0.2) is 55.6 Å². The van der Waals surface area contributed by atoms with Gasteiger partial charge in [0.2, 0.25) is 5.91 Å². The number of hydrogen-bond donors (Lipinski definition) is 1. The Morgan fingerprint density at radius 3 is 2.86 bits per heavy atom. The van der Waals surface area contributed by atoms with Crippen LogP contribution in [0.15, 0.2) is 18.3 Å². The lowest BCUT2D eigenvalue weighted by molar-refractivity contribution is -0.125. The second-order valence-electron chi connectivity index (χ2n) is 5.33. The summed E-state index contributed by atoms with van der Waals surface area (Å²) in [7, 11) is 3.22. The van der Waals surface area contributed by atoms with E-state index in [1.165, 1.54) is 0 Å². The molecule has 6 heteroatoms. The number of aryl methyl sites for hydroxylation is 1. The average molecular weight is 291 g/mol. The van der Waals surface area contributed by atoms with E-state index >= 15 is 0 Å². The molecule has 0 spiro atoms. The molecule has 0 aliphatic carbocycles. The van der Waals surface area contributed by atoms with Crippen LogP contribution in [0.1, 0.15) is 16.1 Å². The predicted molar refractivity (Wildman–Crippen MR) is 77.8 cm³/mol. The van der Waals surface area contributed by atoms with Crippen molar-refractivity contribution >= 4 is 11.8 Å². The summed E-state index contributed by atoms with van der Waals surface area (Å²) in [6.07, 6.45) is 1.63. The Morgan fingerprint density at radius 1 is 1.48 bits per heavy atom. The smallest absolute Gasteiger partial charge is 0.254 e. The molecule has 2 amide bonds. The fourth-order valence-electron chi connectivity index (χ4n) is 2.76. The number of likely N-dealkylation sites (tertiary alicyclic amines) is 1. The van der Waals surface area contributed by atoms with Crippen molar-refractivity contribution in [2.75, 3.05) is 33.9 Å². The summed E-state index contributed by atoms with van der Waals surface area (Å²) in [4.78, 5) is 30.3. The van der Waals surface area contributed by atoms with Gasteiger partial charge in [0, 0.05) is 50.6 Å². The molecule has 0 radical (unpaired) electrons. The minimum Gasteiger partial charge on any atom is -0.384 e. The lowest BCUT2D eigenvalue weighted by Crippen LogP contribution is -2.34. The Labute approximate surface area is 124 Å². The van der Waals surface area contributed by atoms with Gasteiger partial charge >= 0.3 is 0 Å². The van der Waals surface area contributed by atoms with Gasteiger partial charge in [-0.25, -0.2) is 0 Å². The molecular formula is C15H21N3O3. The van der Waals surface area contributed by atoms with Gasteiger partial charge < -0.3 is 15.0 Å². The van der Waals surface area contributed by atoms with Crippen LogP contribution in [0.5, 0.6) is 0 Å². The highest BCUT2D eigenvalue weighted by atomic mass is 16.5. The predicted octanol–water partition coefficient (Wildman–Crippen LogP) is 0.471. The number of carbonyl (C=O) groups is 2. The first-order valence-corrected chi connectivity index (χ1v) is 6.99. The number of nitrogens with zero attached hydrogens (tertiary/aromatic N) is 2. The van der Waals surface area contributed by atoms with Crippen LogP contribution in [0.25, 0.3) is 0 Å². The third kappa shape index (κ3) is 3.39. The third-order valence-electron chi connectivity index (χ3n) is 3.84. The molecule has 0 unspecified atom stereocenters. The molecule has 1 aromatic heterocycles. The van der Waals surface area contributed by atoms with E-state index in [1.807, 2.05) is 6.92 Å². The number of rotatable bonds is 4. The lowest BCUT2D eigenvalue weighted by atomic mass is 9.96. The Bertz CT molecular complexity index is 533. The number of carbonyl (C=O) groups excluding carboxylic acids is 2. The standard InChI is InChI=1S/C15H21N3O3/c1-10-6-11(4-5-17-10)15(20)18-7-12(9-21-3)13(8-18)14(19)16-2/h4-6,12-13H,7-9H2,1-3H3,(H,16,19)/t12-,13+/m0/s1. The molecule has 2 rings (SSSR count). The summed E-state index contributed by atoms with van der Waals surface area (Å²) in [6.45, 7) is 3.28. The van der Waals surface area contributed by atoms with Crippen molar-refractivity contribution in [2.24, 2.45) is 11.8 Å². The van der Waals surface area contributed by atoms with E-state index in [2.05, 4.69) is 10.3 Å². The van der Waals surface area contributed by atoms with E-state index < -0.39 is 0 Å². The normalized spacial score (nSPS) is 21.4. The Kier molecular flexibility index (Phi) is 4.90. The number of hydrogen-bond acceptors (Lipinski definition) is 4. The number of pyridine rings is 1. The quantitative estimate of drug-likeness (QED) is 0.875. The molecule has 0 saturated carbocycles. The zero-order valence-electron chi connectivity index (χ0n) is 12.6. The fraction of sp³-hybridized carbons (Fsp3) is 0.533. The van der Waals surface area contributed by atoms with Crippen LogP contribution in [-0.2, 0) is 9.53 Å². The number of amides is 2. The molecule has 0 aromatic carbocycles. The van der Waals surface area contributed by atoms with Crippen LogP contribution < -0.4 is 5.32 Å². The molecular weight excluding hydrogens is 270 g/mol. The Morgan fingerprint density at radius 2 is 2.24 bits per heavy atom. The van der Waals surface area contributed by atoms with Crippen LogP contribution in [0.3, 0.4) is 0 Å². The molecule has 6 nitrogen and oxygen atoms in total. The second kappa shape index (κ2) is 6.67. The topological polar surface area (TPSA) is 71.5 Å². The van der Waals surface area contributed by atoms with Gasteiger partial charge in [-0.1, -0.05) is 0 Å². The lowest BCUT2D eigenvalue weighted by Gasteiger charge is -2.16. The molecule has 1 fully saturated rings. The number of aromatic nitrogens is 1. The minimum absolute atomic E-state index is 0.0295. The van der Waals surface area contributed by atoms with Crippen LogP contribution >= 0.6 is 0 Å². The maximum Gasteiger partial charge on any atom is 0.254 e. The average Bonchev–Trinajstić information content (AvgIpc) is 2.90. The molecule has 1 aliphatic rings. The fourth-order valence-corrected chi connectivity index (χ4v) is 2.76. The summed E-state index contributed by atoms with van der Waals surface area (Å²) in [5, 5.41) is 2.66. The van der Waals surface area contributed by atoms with Gasteiger partial charge in [-0.05, 0) is 19.1 Å². The highest BCUT2D eigenvalue weighted by molar-refractivity contribution is 5.95. The van der Waals surface area contributed by atoms with Crippen molar-refractivity contribution < 1.29 is 14.3 Å². The van der Waals surface area contributed by atoms with E-state index in [1.54, 1.807) is 37.4 Å². The van der Waals surface area contributed by atoms with Crippen molar-refractivity contribution in [3.8, 4) is 0 Å². The summed E-state index contributed by atoms with van der Waals surface area (Å²) in [6, 6.07) is 3.47.